The Morgan fingerprint density at radius 3 is 2.00 bits per heavy atom. The van der Waals surface area contributed by atoms with E-state index in [1.54, 1.807) is 12.1 Å². The van der Waals surface area contributed by atoms with Crippen molar-refractivity contribution >= 4 is 15.9 Å². The van der Waals surface area contributed by atoms with Gasteiger partial charge >= 0.3 is 6.36 Å². The van der Waals surface area contributed by atoms with Crippen molar-refractivity contribution in [2.24, 2.45) is 23.7 Å². The number of halogens is 4. The molecule has 0 aliphatic heterocycles. The largest absolute Gasteiger partial charge is 0.573 e. The van der Waals surface area contributed by atoms with Gasteiger partial charge in [0.05, 0.1) is 0 Å². The van der Waals surface area contributed by atoms with Crippen LogP contribution in [-0.4, -0.2) is 6.36 Å². The molecular formula is C23H30BrF3O. The van der Waals surface area contributed by atoms with Crippen molar-refractivity contribution in [2.45, 2.75) is 70.6 Å². The van der Waals surface area contributed by atoms with Crippen LogP contribution in [0.3, 0.4) is 0 Å². The van der Waals surface area contributed by atoms with E-state index in [4.69, 9.17) is 0 Å². The van der Waals surface area contributed by atoms with E-state index in [1.807, 2.05) is 4.99 Å². The molecule has 0 radical (unpaired) electrons. The summed E-state index contributed by atoms with van der Waals surface area (Å²) in [6, 6.07) is 6.35. The summed E-state index contributed by atoms with van der Waals surface area (Å²) in [5.74, 6) is 3.21. The lowest BCUT2D eigenvalue weighted by Crippen LogP contribution is -2.25. The van der Waals surface area contributed by atoms with E-state index in [2.05, 4.69) is 26.7 Å². The van der Waals surface area contributed by atoms with Gasteiger partial charge in [-0.2, -0.15) is 0 Å². The van der Waals surface area contributed by atoms with Crippen molar-refractivity contribution in [1.82, 2.24) is 0 Å². The zero-order valence-corrected chi connectivity index (χ0v) is 17.9. The van der Waals surface area contributed by atoms with E-state index >= 15 is 0 Å². The van der Waals surface area contributed by atoms with Crippen molar-refractivity contribution in [3.05, 3.63) is 40.9 Å². The van der Waals surface area contributed by atoms with Gasteiger partial charge in [-0.15, -0.1) is 13.2 Å². The number of allylic oxidation sites excluding steroid dienone is 1. The maximum Gasteiger partial charge on any atom is 0.573 e. The Morgan fingerprint density at radius 2 is 1.46 bits per heavy atom. The Labute approximate surface area is 174 Å². The normalized spacial score (nSPS) is 29.1. The van der Waals surface area contributed by atoms with Gasteiger partial charge in [0, 0.05) is 0 Å². The van der Waals surface area contributed by atoms with Crippen LogP contribution in [0, 0.1) is 23.7 Å². The van der Waals surface area contributed by atoms with Gasteiger partial charge < -0.3 is 4.74 Å². The SMILES string of the molecule is FC(F)(F)Oc1ccc(CCC2CCC(C3CCC(C=CBr)CC3)CC2)cc1. The summed E-state index contributed by atoms with van der Waals surface area (Å²) in [6.45, 7) is 0. The Kier molecular flexibility index (Phi) is 7.90. The van der Waals surface area contributed by atoms with E-state index < -0.39 is 6.36 Å². The molecule has 28 heavy (non-hydrogen) atoms. The van der Waals surface area contributed by atoms with Crippen LogP contribution in [0.25, 0.3) is 0 Å². The standard InChI is InChI=1S/C23H30BrF3O/c24-16-15-19-5-11-21(12-6-19)20-9-3-17(4-10-20)1-2-18-7-13-22(14-8-18)28-23(25,26)27/h7-8,13-17,19-21H,1-6,9-12H2. The first kappa shape index (κ1) is 21.7. The highest BCUT2D eigenvalue weighted by molar-refractivity contribution is 9.11. The van der Waals surface area contributed by atoms with Crippen LogP contribution in [0.4, 0.5) is 13.2 Å². The third kappa shape index (κ3) is 6.82. The molecule has 0 spiro atoms. The number of rotatable bonds is 6. The first-order valence-electron chi connectivity index (χ1n) is 10.5. The van der Waals surface area contributed by atoms with Crippen molar-refractivity contribution in [2.75, 3.05) is 0 Å². The fourth-order valence-electron chi connectivity index (χ4n) is 5.09. The Morgan fingerprint density at radius 1 is 0.893 bits per heavy atom. The highest BCUT2D eigenvalue weighted by atomic mass is 79.9. The first-order valence-corrected chi connectivity index (χ1v) is 11.5. The second kappa shape index (κ2) is 10.2. The minimum Gasteiger partial charge on any atom is -0.406 e. The smallest absolute Gasteiger partial charge is 0.406 e. The molecule has 0 aromatic heterocycles. The van der Waals surface area contributed by atoms with E-state index in [1.165, 1.54) is 63.5 Å². The molecule has 0 heterocycles. The van der Waals surface area contributed by atoms with Crippen LogP contribution in [0.15, 0.2) is 35.3 Å². The summed E-state index contributed by atoms with van der Waals surface area (Å²) >= 11 is 3.40. The molecule has 2 fully saturated rings. The van der Waals surface area contributed by atoms with E-state index in [-0.39, 0.29) is 5.75 Å². The summed E-state index contributed by atoms with van der Waals surface area (Å²) in [6.07, 6.45) is 10.5. The minimum absolute atomic E-state index is 0.141. The van der Waals surface area contributed by atoms with Gasteiger partial charge in [-0.05, 0) is 97.7 Å². The summed E-state index contributed by atoms with van der Waals surface area (Å²) < 4.78 is 40.6. The molecule has 2 saturated carbocycles. The van der Waals surface area contributed by atoms with Crippen molar-refractivity contribution < 1.29 is 17.9 Å². The fourth-order valence-corrected chi connectivity index (χ4v) is 5.52. The summed E-state index contributed by atoms with van der Waals surface area (Å²) in [4.78, 5) is 2.01. The van der Waals surface area contributed by atoms with Crippen LogP contribution in [0.2, 0.25) is 0 Å². The van der Waals surface area contributed by atoms with Gasteiger partial charge in [-0.3, -0.25) is 0 Å². The lowest BCUT2D eigenvalue weighted by atomic mass is 9.68. The molecule has 0 N–H and O–H groups in total. The molecule has 1 nitrogen and oxygen atoms in total. The molecule has 5 heteroatoms. The number of ether oxygens (including phenoxy) is 1. The van der Waals surface area contributed by atoms with Gasteiger partial charge in [0.25, 0.3) is 0 Å². The van der Waals surface area contributed by atoms with Gasteiger partial charge in [0.2, 0.25) is 0 Å². The average molecular weight is 459 g/mol. The van der Waals surface area contributed by atoms with Crippen molar-refractivity contribution in [1.29, 1.82) is 0 Å². The number of hydrogen-bond acceptors (Lipinski definition) is 1. The second-order valence-corrected chi connectivity index (χ2v) is 9.03. The highest BCUT2D eigenvalue weighted by Gasteiger charge is 2.31. The number of hydrogen-bond donors (Lipinski definition) is 0. The molecule has 0 amide bonds. The summed E-state index contributed by atoms with van der Waals surface area (Å²) in [7, 11) is 0. The molecule has 0 atom stereocenters. The number of aryl methyl sites for hydroxylation is 1. The zero-order valence-electron chi connectivity index (χ0n) is 16.3. The predicted octanol–water partition coefficient (Wildman–Crippen LogP) is 8.04. The van der Waals surface area contributed by atoms with Crippen LogP contribution < -0.4 is 4.74 Å². The molecule has 2 aliphatic rings. The number of benzene rings is 1. The molecule has 1 aromatic rings. The summed E-state index contributed by atoms with van der Waals surface area (Å²) in [5.41, 5.74) is 1.09. The maximum absolute atomic E-state index is 12.2. The van der Waals surface area contributed by atoms with Crippen LogP contribution in [0.1, 0.15) is 63.4 Å². The Balaban J connectivity index is 1.37. The monoisotopic (exact) mass is 458 g/mol. The van der Waals surface area contributed by atoms with Crippen LogP contribution in [0.5, 0.6) is 5.75 Å². The topological polar surface area (TPSA) is 9.23 Å². The molecule has 0 unspecified atom stereocenters. The maximum atomic E-state index is 12.2. The molecule has 0 saturated heterocycles. The molecule has 1 aromatic carbocycles. The molecular weight excluding hydrogens is 429 g/mol. The minimum atomic E-state index is -4.62. The van der Waals surface area contributed by atoms with Gasteiger partial charge in [-0.25, -0.2) is 0 Å². The van der Waals surface area contributed by atoms with Gasteiger partial charge in [0.1, 0.15) is 5.75 Å². The Bertz CT molecular complexity index is 610. The second-order valence-electron chi connectivity index (χ2n) is 8.50. The molecule has 2 aliphatic carbocycles. The Hall–Kier alpha value is -0.970. The molecule has 156 valence electrons. The fraction of sp³-hybridized carbons (Fsp3) is 0.652. The third-order valence-corrected chi connectivity index (χ3v) is 7.02. The van der Waals surface area contributed by atoms with E-state index in [0.717, 1.165) is 42.1 Å². The summed E-state index contributed by atoms with van der Waals surface area (Å²) in [5, 5.41) is 0. The lowest BCUT2D eigenvalue weighted by Gasteiger charge is -2.37. The molecule has 0 bridgehead atoms. The highest BCUT2D eigenvalue weighted by Crippen LogP contribution is 2.42. The lowest BCUT2D eigenvalue weighted by molar-refractivity contribution is -0.274. The molecule has 3 rings (SSSR count). The van der Waals surface area contributed by atoms with E-state index in [0.29, 0.717) is 0 Å². The van der Waals surface area contributed by atoms with Crippen LogP contribution in [-0.2, 0) is 6.42 Å². The van der Waals surface area contributed by atoms with Crippen molar-refractivity contribution in [3.8, 4) is 5.75 Å². The zero-order chi connectivity index (χ0) is 20.0. The third-order valence-electron chi connectivity index (χ3n) is 6.72. The quantitative estimate of drug-likeness (QED) is 0.418. The van der Waals surface area contributed by atoms with Gasteiger partial charge in [-0.1, -0.05) is 47.0 Å². The predicted molar refractivity (Wildman–Crippen MR) is 110 cm³/mol. The van der Waals surface area contributed by atoms with E-state index in [9.17, 15) is 13.2 Å². The average Bonchev–Trinajstić information content (AvgIpc) is 2.68. The first-order chi connectivity index (χ1) is 13.4. The van der Waals surface area contributed by atoms with Crippen LogP contribution >= 0.6 is 15.9 Å². The van der Waals surface area contributed by atoms with Crippen molar-refractivity contribution in [3.63, 3.8) is 0 Å². The number of alkyl halides is 3. The van der Waals surface area contributed by atoms with Gasteiger partial charge in [0.15, 0.2) is 0 Å².